The molecule has 25 heavy (non-hydrogen) atoms. The maximum Gasteiger partial charge on any atom is 0.256 e. The Labute approximate surface area is 145 Å². The number of ether oxygens (including phenoxy) is 4. The second-order valence-electron chi connectivity index (χ2n) is 5.51. The summed E-state index contributed by atoms with van der Waals surface area (Å²) in [5.41, 5.74) is 0.999. The number of carbonyl (C=O) groups is 1. The molecule has 1 atom stereocenters. The van der Waals surface area contributed by atoms with Crippen molar-refractivity contribution in [3.8, 4) is 17.4 Å². The first-order valence-electron chi connectivity index (χ1n) is 7.93. The molecule has 0 aliphatic carbocycles. The summed E-state index contributed by atoms with van der Waals surface area (Å²) in [5, 5.41) is 2.82. The Kier molecular flexibility index (Phi) is 5.35. The smallest absolute Gasteiger partial charge is 0.256 e. The molecule has 1 aliphatic rings. The molecule has 0 saturated carbocycles. The average Bonchev–Trinajstić information content (AvgIpc) is 3.15. The summed E-state index contributed by atoms with van der Waals surface area (Å²) in [4.78, 5) is 16.7. The number of hydrogen-bond donors (Lipinski definition) is 1. The summed E-state index contributed by atoms with van der Waals surface area (Å²) in [5.74, 6) is 1.29. The van der Waals surface area contributed by atoms with Gasteiger partial charge in [-0.05, 0) is 18.2 Å². The van der Waals surface area contributed by atoms with Gasteiger partial charge in [-0.25, -0.2) is 4.98 Å². The van der Waals surface area contributed by atoms with Gasteiger partial charge < -0.3 is 24.3 Å². The van der Waals surface area contributed by atoms with E-state index in [0.29, 0.717) is 41.8 Å². The zero-order chi connectivity index (χ0) is 17.6. The van der Waals surface area contributed by atoms with Gasteiger partial charge in [0.05, 0.1) is 33.1 Å². The number of benzene rings is 1. The minimum Gasteiger partial charge on any atom is -0.497 e. The zero-order valence-corrected chi connectivity index (χ0v) is 14.2. The van der Waals surface area contributed by atoms with Gasteiger partial charge in [0.1, 0.15) is 17.6 Å². The second-order valence-corrected chi connectivity index (χ2v) is 5.51. The third kappa shape index (κ3) is 4.19. The van der Waals surface area contributed by atoms with Crippen molar-refractivity contribution in [1.82, 2.24) is 4.98 Å². The number of methoxy groups -OCH3 is 2. The topological polar surface area (TPSA) is 78.9 Å². The van der Waals surface area contributed by atoms with Crippen LogP contribution in [0.5, 0.6) is 17.4 Å². The van der Waals surface area contributed by atoms with Gasteiger partial charge in [0, 0.05) is 30.3 Å². The molecule has 0 unspecified atom stereocenters. The van der Waals surface area contributed by atoms with E-state index in [9.17, 15) is 4.79 Å². The number of carbonyl (C=O) groups excluding carboxylic acids is 1. The van der Waals surface area contributed by atoms with Crippen LogP contribution in [0.4, 0.5) is 5.69 Å². The van der Waals surface area contributed by atoms with Crippen LogP contribution >= 0.6 is 0 Å². The Balaban J connectivity index is 1.72. The van der Waals surface area contributed by atoms with Crippen LogP contribution in [0.2, 0.25) is 0 Å². The fourth-order valence-electron chi connectivity index (χ4n) is 2.49. The van der Waals surface area contributed by atoms with Gasteiger partial charge in [-0.2, -0.15) is 0 Å². The van der Waals surface area contributed by atoms with E-state index in [4.69, 9.17) is 18.9 Å². The Morgan fingerprint density at radius 3 is 2.84 bits per heavy atom. The van der Waals surface area contributed by atoms with Crippen molar-refractivity contribution in [3.63, 3.8) is 0 Å². The lowest BCUT2D eigenvalue weighted by molar-refractivity contribution is 0.102. The molecule has 1 fully saturated rings. The number of rotatable bonds is 6. The monoisotopic (exact) mass is 344 g/mol. The van der Waals surface area contributed by atoms with Crippen LogP contribution in [-0.2, 0) is 4.74 Å². The molecule has 0 radical (unpaired) electrons. The Morgan fingerprint density at radius 2 is 2.12 bits per heavy atom. The van der Waals surface area contributed by atoms with Crippen molar-refractivity contribution in [2.24, 2.45) is 0 Å². The summed E-state index contributed by atoms with van der Waals surface area (Å²) < 4.78 is 21.5. The summed E-state index contributed by atoms with van der Waals surface area (Å²) in [6.45, 7) is 1.23. The highest BCUT2D eigenvalue weighted by Crippen LogP contribution is 2.29. The van der Waals surface area contributed by atoms with Crippen LogP contribution < -0.4 is 19.5 Å². The molecule has 2 heterocycles. The van der Waals surface area contributed by atoms with E-state index in [1.807, 2.05) is 0 Å². The SMILES string of the molecule is COc1ccc(NC(=O)c2ccnc(O[C@@H]3CCOC3)c2)c(OC)c1. The van der Waals surface area contributed by atoms with E-state index < -0.39 is 0 Å². The van der Waals surface area contributed by atoms with Crippen molar-refractivity contribution < 1.29 is 23.7 Å². The van der Waals surface area contributed by atoms with Crippen LogP contribution in [0.15, 0.2) is 36.5 Å². The van der Waals surface area contributed by atoms with Crippen LogP contribution in [0.25, 0.3) is 0 Å². The summed E-state index contributed by atoms with van der Waals surface area (Å²) >= 11 is 0. The largest absolute Gasteiger partial charge is 0.497 e. The lowest BCUT2D eigenvalue weighted by atomic mass is 10.2. The predicted octanol–water partition coefficient (Wildman–Crippen LogP) is 2.52. The molecule has 0 bridgehead atoms. The van der Waals surface area contributed by atoms with Gasteiger partial charge >= 0.3 is 0 Å². The number of aromatic nitrogens is 1. The van der Waals surface area contributed by atoms with Gasteiger partial charge in [0.2, 0.25) is 5.88 Å². The molecular formula is C18H20N2O5. The molecule has 0 spiro atoms. The first-order valence-corrected chi connectivity index (χ1v) is 7.93. The molecule has 7 heteroatoms. The number of hydrogen-bond acceptors (Lipinski definition) is 6. The molecule has 132 valence electrons. The third-order valence-corrected chi connectivity index (χ3v) is 3.83. The summed E-state index contributed by atoms with van der Waals surface area (Å²) in [7, 11) is 3.10. The number of pyridine rings is 1. The normalized spacial score (nSPS) is 16.3. The number of anilines is 1. The molecule has 1 aromatic carbocycles. The van der Waals surface area contributed by atoms with Crippen LogP contribution in [0.1, 0.15) is 16.8 Å². The highest BCUT2D eigenvalue weighted by molar-refractivity contribution is 6.05. The maximum atomic E-state index is 12.5. The maximum absolute atomic E-state index is 12.5. The molecule has 1 saturated heterocycles. The molecule has 1 aromatic heterocycles. The van der Waals surface area contributed by atoms with Crippen molar-refractivity contribution >= 4 is 11.6 Å². The van der Waals surface area contributed by atoms with Crippen LogP contribution in [0, 0.1) is 0 Å². The molecule has 1 amide bonds. The van der Waals surface area contributed by atoms with E-state index in [1.165, 1.54) is 7.11 Å². The van der Waals surface area contributed by atoms with E-state index in [0.717, 1.165) is 6.42 Å². The molecule has 1 aliphatic heterocycles. The quantitative estimate of drug-likeness (QED) is 0.867. The number of amides is 1. The fourth-order valence-corrected chi connectivity index (χ4v) is 2.49. The number of nitrogens with one attached hydrogen (secondary N) is 1. The first-order chi connectivity index (χ1) is 12.2. The van der Waals surface area contributed by atoms with Gasteiger partial charge in [-0.15, -0.1) is 0 Å². The zero-order valence-electron chi connectivity index (χ0n) is 14.2. The van der Waals surface area contributed by atoms with Gasteiger partial charge in [-0.1, -0.05) is 0 Å². The van der Waals surface area contributed by atoms with E-state index in [2.05, 4.69) is 10.3 Å². The Bertz CT molecular complexity index is 744. The lowest BCUT2D eigenvalue weighted by Crippen LogP contribution is -2.17. The molecule has 1 N–H and O–H groups in total. The first kappa shape index (κ1) is 17.0. The molecular weight excluding hydrogens is 324 g/mol. The van der Waals surface area contributed by atoms with Gasteiger partial charge in [-0.3, -0.25) is 4.79 Å². The highest BCUT2D eigenvalue weighted by atomic mass is 16.5. The second kappa shape index (κ2) is 7.85. The highest BCUT2D eigenvalue weighted by Gasteiger charge is 2.18. The minimum atomic E-state index is -0.279. The summed E-state index contributed by atoms with van der Waals surface area (Å²) in [6, 6.07) is 8.42. The van der Waals surface area contributed by atoms with Crippen LogP contribution in [-0.4, -0.2) is 44.4 Å². The summed E-state index contributed by atoms with van der Waals surface area (Å²) in [6.07, 6.45) is 2.35. The standard InChI is InChI=1S/C18H20N2O5/c1-22-13-3-4-15(16(10-13)23-2)20-18(21)12-5-7-19-17(9-12)25-14-6-8-24-11-14/h3-5,7,9-10,14H,6,8,11H2,1-2H3,(H,20,21)/t14-/m1/s1. The predicted molar refractivity (Wildman–Crippen MR) is 91.6 cm³/mol. The van der Waals surface area contributed by atoms with Gasteiger partial charge in [0.15, 0.2) is 0 Å². The Morgan fingerprint density at radius 1 is 1.24 bits per heavy atom. The van der Waals surface area contributed by atoms with E-state index in [-0.39, 0.29) is 12.0 Å². The van der Waals surface area contributed by atoms with Crippen LogP contribution in [0.3, 0.4) is 0 Å². The molecule has 2 aromatic rings. The van der Waals surface area contributed by atoms with Crippen molar-refractivity contribution in [2.45, 2.75) is 12.5 Å². The molecule has 3 rings (SSSR count). The fraction of sp³-hybridized carbons (Fsp3) is 0.333. The number of nitrogens with zero attached hydrogens (tertiary/aromatic N) is 1. The average molecular weight is 344 g/mol. The van der Waals surface area contributed by atoms with E-state index in [1.54, 1.807) is 43.6 Å². The van der Waals surface area contributed by atoms with Crippen molar-refractivity contribution in [2.75, 3.05) is 32.8 Å². The van der Waals surface area contributed by atoms with Gasteiger partial charge in [0.25, 0.3) is 5.91 Å². The van der Waals surface area contributed by atoms with E-state index >= 15 is 0 Å². The van der Waals surface area contributed by atoms with Crippen molar-refractivity contribution in [3.05, 3.63) is 42.1 Å². The third-order valence-electron chi connectivity index (χ3n) is 3.83. The Hall–Kier alpha value is -2.80. The molecule has 7 nitrogen and oxygen atoms in total. The lowest BCUT2D eigenvalue weighted by Gasteiger charge is -2.13. The van der Waals surface area contributed by atoms with Crippen molar-refractivity contribution in [1.29, 1.82) is 0 Å². The minimum absolute atomic E-state index is 0.0208.